The van der Waals surface area contributed by atoms with Gasteiger partial charge in [-0.3, -0.25) is 4.98 Å². The van der Waals surface area contributed by atoms with Crippen LogP contribution in [0, 0.1) is 5.41 Å². The van der Waals surface area contributed by atoms with Gasteiger partial charge in [-0.1, -0.05) is 20.8 Å². The number of hydrogen-bond donors (Lipinski definition) is 1. The van der Waals surface area contributed by atoms with Crippen molar-refractivity contribution in [3.8, 4) is 0 Å². The lowest BCUT2D eigenvalue weighted by Gasteiger charge is -2.20. The molecule has 94 valence electrons. The van der Waals surface area contributed by atoms with Crippen LogP contribution >= 0.6 is 0 Å². The smallest absolute Gasteiger partial charge is 0.149 e. The Morgan fingerprint density at radius 3 is 2.88 bits per heavy atom. The fraction of sp³-hybridized carbons (Fsp3) is 0.692. The minimum Gasteiger partial charge on any atom is -0.369 e. The Balaban J connectivity index is 2.06. The molecule has 1 saturated heterocycles. The molecule has 1 N–H and O–H groups in total. The number of hydrogen-bond acceptors (Lipinski definition) is 4. The minimum atomic E-state index is 0.397. The van der Waals surface area contributed by atoms with Gasteiger partial charge in [-0.15, -0.1) is 0 Å². The van der Waals surface area contributed by atoms with Crippen molar-refractivity contribution in [3.05, 3.63) is 12.4 Å². The van der Waals surface area contributed by atoms with Crippen LogP contribution in [-0.2, 0) is 0 Å². The average Bonchev–Trinajstić information content (AvgIpc) is 2.67. The maximum absolute atomic E-state index is 4.61. The lowest BCUT2D eigenvalue weighted by Crippen LogP contribution is -2.24. The second kappa shape index (κ2) is 4.90. The van der Waals surface area contributed by atoms with Crippen LogP contribution in [0.15, 0.2) is 12.4 Å². The van der Waals surface area contributed by atoms with E-state index in [0.29, 0.717) is 5.41 Å². The second-order valence-electron chi connectivity index (χ2n) is 5.53. The molecule has 0 unspecified atom stereocenters. The van der Waals surface area contributed by atoms with Crippen molar-refractivity contribution < 1.29 is 0 Å². The number of anilines is 2. The lowest BCUT2D eigenvalue weighted by atomic mass is 9.93. The molecular formula is C13H22N4. The van der Waals surface area contributed by atoms with Gasteiger partial charge in [0.2, 0.25) is 0 Å². The highest BCUT2D eigenvalue weighted by molar-refractivity contribution is 5.44. The summed E-state index contributed by atoms with van der Waals surface area (Å²) in [4.78, 5) is 11.2. The Hall–Kier alpha value is -1.32. The monoisotopic (exact) mass is 234 g/mol. The van der Waals surface area contributed by atoms with Gasteiger partial charge in [-0.2, -0.15) is 0 Å². The van der Waals surface area contributed by atoms with Gasteiger partial charge >= 0.3 is 0 Å². The summed E-state index contributed by atoms with van der Waals surface area (Å²) in [7, 11) is 0. The third-order valence-electron chi connectivity index (χ3n) is 3.18. The maximum Gasteiger partial charge on any atom is 0.149 e. The highest BCUT2D eigenvalue weighted by atomic mass is 15.2. The van der Waals surface area contributed by atoms with Gasteiger partial charge in [0.1, 0.15) is 11.6 Å². The molecule has 1 aliphatic rings. The topological polar surface area (TPSA) is 41.1 Å². The first kappa shape index (κ1) is 12.1. The Bertz CT molecular complexity index is 375. The van der Waals surface area contributed by atoms with Crippen molar-refractivity contribution in [1.29, 1.82) is 0 Å². The van der Waals surface area contributed by atoms with Crippen molar-refractivity contribution in [1.82, 2.24) is 9.97 Å². The zero-order valence-corrected chi connectivity index (χ0v) is 11.0. The molecule has 17 heavy (non-hydrogen) atoms. The van der Waals surface area contributed by atoms with E-state index in [0.717, 1.165) is 37.7 Å². The molecule has 2 heterocycles. The number of rotatable bonds is 4. The van der Waals surface area contributed by atoms with Crippen LogP contribution < -0.4 is 10.2 Å². The molecule has 2 rings (SSSR count). The van der Waals surface area contributed by atoms with Crippen LogP contribution in [0.4, 0.5) is 11.6 Å². The standard InChI is InChI=1S/C13H22N4/c1-4-6-15-11-8-14-9-12(16-11)17-7-5-13(2,3)10-17/h8-9H,4-7,10H2,1-3H3,(H,15,16). The highest BCUT2D eigenvalue weighted by Gasteiger charge is 2.30. The average molecular weight is 234 g/mol. The first-order valence-electron chi connectivity index (χ1n) is 6.41. The molecule has 0 aromatic carbocycles. The van der Waals surface area contributed by atoms with E-state index in [1.54, 1.807) is 6.20 Å². The van der Waals surface area contributed by atoms with E-state index < -0.39 is 0 Å². The van der Waals surface area contributed by atoms with Crippen molar-refractivity contribution in [3.63, 3.8) is 0 Å². The van der Waals surface area contributed by atoms with Crippen LogP contribution in [-0.4, -0.2) is 29.6 Å². The number of nitrogens with zero attached hydrogens (tertiary/aromatic N) is 3. The van der Waals surface area contributed by atoms with Gasteiger partial charge in [-0.25, -0.2) is 4.98 Å². The normalized spacial score (nSPS) is 18.4. The molecule has 0 atom stereocenters. The van der Waals surface area contributed by atoms with E-state index in [1.165, 1.54) is 6.42 Å². The Kier molecular flexibility index (Phi) is 3.50. The van der Waals surface area contributed by atoms with Gasteiger partial charge in [0.25, 0.3) is 0 Å². The van der Waals surface area contributed by atoms with Crippen LogP contribution in [0.2, 0.25) is 0 Å². The fourth-order valence-electron chi connectivity index (χ4n) is 2.15. The summed E-state index contributed by atoms with van der Waals surface area (Å²) >= 11 is 0. The van der Waals surface area contributed by atoms with E-state index in [4.69, 9.17) is 0 Å². The molecule has 1 fully saturated rings. The maximum atomic E-state index is 4.61. The highest BCUT2D eigenvalue weighted by Crippen LogP contribution is 2.31. The summed E-state index contributed by atoms with van der Waals surface area (Å²) in [6.07, 6.45) is 5.98. The van der Waals surface area contributed by atoms with Gasteiger partial charge in [0.05, 0.1) is 12.4 Å². The Labute approximate surface area is 103 Å². The second-order valence-corrected chi connectivity index (χ2v) is 5.53. The molecule has 1 aromatic heterocycles. The molecule has 4 heteroatoms. The number of nitrogens with one attached hydrogen (secondary N) is 1. The molecule has 1 aliphatic heterocycles. The molecule has 1 aromatic rings. The van der Waals surface area contributed by atoms with Crippen molar-refractivity contribution >= 4 is 11.6 Å². The third kappa shape index (κ3) is 3.08. The molecule has 0 amide bonds. The van der Waals surface area contributed by atoms with E-state index in [9.17, 15) is 0 Å². The van der Waals surface area contributed by atoms with Crippen molar-refractivity contribution in [2.45, 2.75) is 33.6 Å². The van der Waals surface area contributed by atoms with Gasteiger partial charge in [-0.05, 0) is 18.3 Å². The Morgan fingerprint density at radius 2 is 2.24 bits per heavy atom. The first-order valence-corrected chi connectivity index (χ1v) is 6.41. The molecule has 0 bridgehead atoms. The van der Waals surface area contributed by atoms with Crippen LogP contribution in [0.5, 0.6) is 0 Å². The molecule has 4 nitrogen and oxygen atoms in total. The predicted octanol–water partition coefficient (Wildman–Crippen LogP) is 2.53. The molecular weight excluding hydrogens is 212 g/mol. The van der Waals surface area contributed by atoms with Crippen molar-refractivity contribution in [2.75, 3.05) is 29.9 Å². The lowest BCUT2D eigenvalue weighted by molar-refractivity contribution is 0.418. The summed E-state index contributed by atoms with van der Waals surface area (Å²) in [6.45, 7) is 9.86. The summed E-state index contributed by atoms with van der Waals surface area (Å²) in [5.41, 5.74) is 0.397. The van der Waals surface area contributed by atoms with Crippen molar-refractivity contribution in [2.24, 2.45) is 5.41 Å². The van der Waals surface area contributed by atoms with E-state index in [-0.39, 0.29) is 0 Å². The zero-order valence-electron chi connectivity index (χ0n) is 11.0. The van der Waals surface area contributed by atoms with Crippen LogP contribution in [0.1, 0.15) is 33.6 Å². The fourth-order valence-corrected chi connectivity index (χ4v) is 2.15. The van der Waals surface area contributed by atoms with Gasteiger partial charge in [0, 0.05) is 19.6 Å². The summed E-state index contributed by atoms with van der Waals surface area (Å²) in [5.74, 6) is 1.88. The quantitative estimate of drug-likeness (QED) is 0.869. The van der Waals surface area contributed by atoms with E-state index in [2.05, 4.69) is 41.0 Å². The zero-order chi connectivity index (χ0) is 12.3. The van der Waals surface area contributed by atoms with E-state index in [1.807, 2.05) is 6.20 Å². The molecule has 0 saturated carbocycles. The SMILES string of the molecule is CCCNc1cncc(N2CCC(C)(C)C2)n1. The van der Waals surface area contributed by atoms with Gasteiger partial charge in [0.15, 0.2) is 0 Å². The molecule has 0 radical (unpaired) electrons. The predicted molar refractivity (Wildman–Crippen MR) is 71.4 cm³/mol. The molecule has 0 spiro atoms. The van der Waals surface area contributed by atoms with Crippen LogP contribution in [0.25, 0.3) is 0 Å². The Morgan fingerprint density at radius 1 is 1.41 bits per heavy atom. The number of aromatic nitrogens is 2. The van der Waals surface area contributed by atoms with E-state index >= 15 is 0 Å². The summed E-state index contributed by atoms with van der Waals surface area (Å²) in [6, 6.07) is 0. The summed E-state index contributed by atoms with van der Waals surface area (Å²) < 4.78 is 0. The first-order chi connectivity index (χ1) is 8.11. The molecule has 0 aliphatic carbocycles. The minimum absolute atomic E-state index is 0.397. The largest absolute Gasteiger partial charge is 0.369 e. The van der Waals surface area contributed by atoms with Crippen LogP contribution in [0.3, 0.4) is 0 Å². The summed E-state index contributed by atoms with van der Waals surface area (Å²) in [5, 5.41) is 3.28. The third-order valence-corrected chi connectivity index (χ3v) is 3.18. The van der Waals surface area contributed by atoms with Gasteiger partial charge < -0.3 is 10.2 Å².